The fourth-order valence-corrected chi connectivity index (χ4v) is 3.57. The molecule has 0 saturated heterocycles. The topological polar surface area (TPSA) is 92.7 Å². The Morgan fingerprint density at radius 2 is 1.78 bits per heavy atom. The molecule has 2 aromatic rings. The summed E-state index contributed by atoms with van der Waals surface area (Å²) in [6, 6.07) is 12.8. The molecule has 0 saturated carbocycles. The van der Waals surface area contributed by atoms with Gasteiger partial charge in [-0.15, -0.1) is 11.8 Å². The van der Waals surface area contributed by atoms with E-state index in [1.807, 2.05) is 31.2 Å². The highest BCUT2D eigenvalue weighted by atomic mass is 32.2. The Morgan fingerprint density at radius 3 is 2.41 bits per heavy atom. The van der Waals surface area contributed by atoms with Gasteiger partial charge in [0.15, 0.2) is 0 Å². The van der Waals surface area contributed by atoms with Crippen molar-refractivity contribution in [1.82, 2.24) is 10.6 Å². The maximum absolute atomic E-state index is 12.7. The lowest BCUT2D eigenvalue weighted by molar-refractivity contribution is 0.0913. The molecule has 8 heteroatoms. The van der Waals surface area contributed by atoms with Crippen molar-refractivity contribution >= 4 is 23.5 Å². The molecule has 1 amide bonds. The van der Waals surface area contributed by atoms with Crippen molar-refractivity contribution < 1.29 is 19.0 Å². The Bertz CT molecular complexity index is 929. The monoisotopic (exact) mass is 457 g/mol. The van der Waals surface area contributed by atoms with Gasteiger partial charge in [-0.3, -0.25) is 10.2 Å². The average Bonchev–Trinajstić information content (AvgIpc) is 2.73. The summed E-state index contributed by atoms with van der Waals surface area (Å²) < 4.78 is 17.0. The summed E-state index contributed by atoms with van der Waals surface area (Å²) in [5.74, 6) is 1.11. The number of nitrogens with one attached hydrogen (secondary N) is 3. The van der Waals surface area contributed by atoms with E-state index < -0.39 is 5.91 Å². The predicted octanol–water partition coefficient (Wildman–Crippen LogP) is 4.83. The second kappa shape index (κ2) is 12.8. The first-order chi connectivity index (χ1) is 15.3. The molecule has 3 N–H and O–H groups in total. The standard InChI is InChI=1S/C24H31N3O4S/c1-16(2)32-22-8-6-19(7-9-22)31-21-13-18(24(28)27-23(25)10-11-26-4)12-20(14-21)30-17(3)15-29-5/h6-14,16-17,26H,15H2,1-5H3,(H2,25,27,28)/b11-10-. The van der Waals surface area contributed by atoms with Crippen LogP contribution in [0.15, 0.2) is 59.6 Å². The molecule has 7 nitrogen and oxygen atoms in total. The van der Waals surface area contributed by atoms with Crippen LogP contribution in [0.25, 0.3) is 0 Å². The van der Waals surface area contributed by atoms with Crippen LogP contribution in [0, 0.1) is 5.41 Å². The molecule has 0 bridgehead atoms. The molecule has 0 spiro atoms. The van der Waals surface area contributed by atoms with Crippen LogP contribution < -0.4 is 20.1 Å². The van der Waals surface area contributed by atoms with Crippen LogP contribution in [-0.2, 0) is 4.74 Å². The first kappa shape index (κ1) is 25.3. The van der Waals surface area contributed by atoms with E-state index in [0.717, 1.165) is 4.90 Å². The molecule has 0 heterocycles. The summed E-state index contributed by atoms with van der Waals surface area (Å²) in [6.45, 7) is 6.57. The van der Waals surface area contributed by atoms with E-state index >= 15 is 0 Å². The van der Waals surface area contributed by atoms with Gasteiger partial charge in [-0.25, -0.2) is 0 Å². The molecule has 0 fully saturated rings. The van der Waals surface area contributed by atoms with Crippen LogP contribution >= 0.6 is 11.8 Å². The van der Waals surface area contributed by atoms with Crippen LogP contribution in [0.4, 0.5) is 0 Å². The van der Waals surface area contributed by atoms with E-state index in [1.54, 1.807) is 50.3 Å². The van der Waals surface area contributed by atoms with Crippen molar-refractivity contribution in [3.8, 4) is 17.2 Å². The van der Waals surface area contributed by atoms with Crippen molar-refractivity contribution in [2.24, 2.45) is 0 Å². The third kappa shape index (κ3) is 8.64. The van der Waals surface area contributed by atoms with E-state index in [4.69, 9.17) is 19.6 Å². The van der Waals surface area contributed by atoms with Crippen LogP contribution in [0.5, 0.6) is 17.2 Å². The number of benzene rings is 2. The number of methoxy groups -OCH3 is 1. The molecular weight excluding hydrogens is 426 g/mol. The largest absolute Gasteiger partial charge is 0.488 e. The zero-order valence-corrected chi connectivity index (χ0v) is 19.9. The van der Waals surface area contributed by atoms with E-state index in [0.29, 0.717) is 34.7 Å². The van der Waals surface area contributed by atoms with E-state index in [9.17, 15) is 4.79 Å². The van der Waals surface area contributed by atoms with Crippen molar-refractivity contribution in [2.75, 3.05) is 20.8 Å². The molecule has 0 aliphatic heterocycles. The van der Waals surface area contributed by atoms with Gasteiger partial charge in [-0.05, 0) is 55.6 Å². The lowest BCUT2D eigenvalue weighted by Crippen LogP contribution is -2.28. The van der Waals surface area contributed by atoms with Gasteiger partial charge in [0.25, 0.3) is 5.91 Å². The number of hydrogen-bond acceptors (Lipinski definition) is 7. The molecule has 2 aromatic carbocycles. The summed E-state index contributed by atoms with van der Waals surface area (Å²) in [5, 5.41) is 13.7. The van der Waals surface area contributed by atoms with E-state index in [1.165, 1.54) is 6.08 Å². The van der Waals surface area contributed by atoms with Gasteiger partial charge in [0.1, 0.15) is 29.2 Å². The molecule has 1 unspecified atom stereocenters. The van der Waals surface area contributed by atoms with Gasteiger partial charge < -0.3 is 24.8 Å². The highest BCUT2D eigenvalue weighted by Gasteiger charge is 2.14. The van der Waals surface area contributed by atoms with Crippen LogP contribution in [-0.4, -0.2) is 43.9 Å². The van der Waals surface area contributed by atoms with Gasteiger partial charge in [0, 0.05) is 35.9 Å². The van der Waals surface area contributed by atoms with Crippen LogP contribution in [0.3, 0.4) is 0 Å². The second-order valence-corrected chi connectivity index (χ2v) is 8.96. The zero-order chi connectivity index (χ0) is 23.5. The minimum Gasteiger partial charge on any atom is -0.488 e. The van der Waals surface area contributed by atoms with Gasteiger partial charge in [0.2, 0.25) is 0 Å². The fraction of sp³-hybridized carbons (Fsp3) is 0.333. The molecule has 172 valence electrons. The van der Waals surface area contributed by atoms with Crippen molar-refractivity contribution in [3.05, 3.63) is 60.3 Å². The molecule has 0 aromatic heterocycles. The lowest BCUT2D eigenvalue weighted by atomic mass is 10.1. The maximum atomic E-state index is 12.7. The third-order valence-electron chi connectivity index (χ3n) is 3.98. The molecule has 32 heavy (non-hydrogen) atoms. The van der Waals surface area contributed by atoms with Gasteiger partial charge in [-0.2, -0.15) is 0 Å². The number of amidine groups is 1. The number of carbonyl (C=O) groups excluding carboxylic acids is 1. The lowest BCUT2D eigenvalue weighted by Gasteiger charge is -2.16. The number of hydrogen-bond donors (Lipinski definition) is 3. The highest BCUT2D eigenvalue weighted by molar-refractivity contribution is 7.99. The first-order valence-electron chi connectivity index (χ1n) is 10.3. The molecule has 0 aliphatic carbocycles. The Labute approximate surface area is 194 Å². The smallest absolute Gasteiger partial charge is 0.257 e. The number of carbonyl (C=O) groups is 1. The van der Waals surface area contributed by atoms with E-state index in [-0.39, 0.29) is 11.9 Å². The molecule has 0 radical (unpaired) electrons. The summed E-state index contributed by atoms with van der Waals surface area (Å²) in [7, 11) is 3.31. The molecule has 2 rings (SSSR count). The van der Waals surface area contributed by atoms with Gasteiger partial charge in [-0.1, -0.05) is 13.8 Å². The zero-order valence-electron chi connectivity index (χ0n) is 19.1. The first-order valence-corrected chi connectivity index (χ1v) is 11.2. The molecule has 0 aliphatic rings. The number of thioether (sulfide) groups is 1. The summed E-state index contributed by atoms with van der Waals surface area (Å²) >= 11 is 1.77. The highest BCUT2D eigenvalue weighted by Crippen LogP contribution is 2.30. The van der Waals surface area contributed by atoms with Gasteiger partial charge in [0.05, 0.1) is 6.61 Å². The number of ether oxygens (including phenoxy) is 3. The van der Waals surface area contributed by atoms with Crippen molar-refractivity contribution in [1.29, 1.82) is 5.41 Å². The Hall–Kier alpha value is -2.97. The minimum absolute atomic E-state index is 0.0378. The Balaban J connectivity index is 2.25. The summed E-state index contributed by atoms with van der Waals surface area (Å²) in [6.07, 6.45) is 2.80. The predicted molar refractivity (Wildman–Crippen MR) is 129 cm³/mol. The second-order valence-electron chi connectivity index (χ2n) is 7.31. The van der Waals surface area contributed by atoms with Gasteiger partial charge >= 0.3 is 0 Å². The summed E-state index contributed by atoms with van der Waals surface area (Å²) in [4.78, 5) is 13.8. The Kier molecular flexibility index (Phi) is 10.1. The van der Waals surface area contributed by atoms with Crippen molar-refractivity contribution in [3.63, 3.8) is 0 Å². The molecular formula is C24H31N3O4S. The average molecular weight is 458 g/mol. The minimum atomic E-state index is -0.436. The Morgan fingerprint density at radius 1 is 1.09 bits per heavy atom. The van der Waals surface area contributed by atoms with Crippen LogP contribution in [0.1, 0.15) is 31.1 Å². The SMILES string of the molecule is CN/C=C\C(=N)NC(=O)c1cc(Oc2ccc(SC(C)C)cc2)cc(OC(C)COC)c1. The normalized spacial score (nSPS) is 11.9. The summed E-state index contributed by atoms with van der Waals surface area (Å²) in [5.41, 5.74) is 0.316. The number of amides is 1. The number of rotatable bonds is 11. The quantitative estimate of drug-likeness (QED) is 0.254. The fourth-order valence-electron chi connectivity index (χ4n) is 2.73. The third-order valence-corrected chi connectivity index (χ3v) is 4.99. The van der Waals surface area contributed by atoms with Crippen molar-refractivity contribution in [2.45, 2.75) is 37.0 Å². The molecule has 1 atom stereocenters. The van der Waals surface area contributed by atoms with Crippen LogP contribution in [0.2, 0.25) is 0 Å². The van der Waals surface area contributed by atoms with E-state index in [2.05, 4.69) is 24.5 Å². The maximum Gasteiger partial charge on any atom is 0.257 e.